The highest BCUT2D eigenvalue weighted by Crippen LogP contribution is 2.10. The predicted octanol–water partition coefficient (Wildman–Crippen LogP) is 0.277. The molecule has 0 aliphatic carbocycles. The van der Waals surface area contributed by atoms with Gasteiger partial charge in [-0.15, -0.1) is 0 Å². The zero-order valence-electron chi connectivity index (χ0n) is 5.16. The van der Waals surface area contributed by atoms with E-state index in [1.54, 1.807) is 6.07 Å². The van der Waals surface area contributed by atoms with Crippen LogP contribution >= 0.6 is 0 Å². The maximum Gasteiger partial charge on any atom is 0.222 e. The van der Waals surface area contributed by atoms with Gasteiger partial charge in [0.05, 0.1) is 0 Å². The normalized spacial score (nSPS) is 13.6. The molecule has 0 saturated heterocycles. The molecular formula is C5H9N3O. The number of aromatic nitrogens is 1. The summed E-state index contributed by atoms with van der Waals surface area (Å²) in [6.45, 7) is 1.82. The van der Waals surface area contributed by atoms with Crippen molar-refractivity contribution in [2.75, 3.05) is 5.73 Å². The fraction of sp³-hybridized carbons (Fsp3) is 0.400. The van der Waals surface area contributed by atoms with E-state index in [0.29, 0.717) is 11.6 Å². The molecule has 1 aromatic heterocycles. The summed E-state index contributed by atoms with van der Waals surface area (Å²) in [5, 5.41) is 3.59. The highest BCUT2D eigenvalue weighted by molar-refractivity contribution is 5.25. The van der Waals surface area contributed by atoms with Gasteiger partial charge < -0.3 is 16.0 Å². The van der Waals surface area contributed by atoms with Crippen molar-refractivity contribution in [2.45, 2.75) is 13.0 Å². The number of rotatable bonds is 1. The number of nitrogens with zero attached hydrogens (tertiary/aromatic N) is 1. The van der Waals surface area contributed by atoms with Gasteiger partial charge >= 0.3 is 0 Å². The molecule has 0 bridgehead atoms. The first-order valence-corrected chi connectivity index (χ1v) is 2.68. The van der Waals surface area contributed by atoms with E-state index < -0.39 is 0 Å². The van der Waals surface area contributed by atoms with Crippen molar-refractivity contribution in [3.63, 3.8) is 0 Å². The Morgan fingerprint density at radius 3 is 2.67 bits per heavy atom. The van der Waals surface area contributed by atoms with Crippen molar-refractivity contribution in [1.82, 2.24) is 5.16 Å². The number of nitrogens with two attached hydrogens (primary N) is 2. The van der Waals surface area contributed by atoms with Crippen molar-refractivity contribution in [3.05, 3.63) is 11.8 Å². The molecule has 4 nitrogen and oxygen atoms in total. The second-order valence-corrected chi connectivity index (χ2v) is 1.94. The van der Waals surface area contributed by atoms with E-state index >= 15 is 0 Å². The maximum atomic E-state index is 5.45. The zero-order chi connectivity index (χ0) is 6.85. The molecule has 4 N–H and O–H groups in total. The Morgan fingerprint density at radius 2 is 2.44 bits per heavy atom. The van der Waals surface area contributed by atoms with Crippen LogP contribution in [0, 0.1) is 0 Å². The van der Waals surface area contributed by atoms with Crippen molar-refractivity contribution in [1.29, 1.82) is 0 Å². The molecule has 4 heteroatoms. The molecule has 0 radical (unpaired) electrons. The third-order valence-electron chi connectivity index (χ3n) is 1.01. The highest BCUT2D eigenvalue weighted by Gasteiger charge is 2.03. The first-order chi connectivity index (χ1) is 4.20. The molecule has 0 saturated carbocycles. The van der Waals surface area contributed by atoms with Crippen LogP contribution in [0.15, 0.2) is 10.6 Å². The minimum absolute atomic E-state index is 0.106. The van der Waals surface area contributed by atoms with Crippen LogP contribution in [0.4, 0.5) is 5.88 Å². The van der Waals surface area contributed by atoms with Crippen LogP contribution in [0.25, 0.3) is 0 Å². The van der Waals surface area contributed by atoms with Gasteiger partial charge in [-0.1, -0.05) is 5.16 Å². The smallest absolute Gasteiger partial charge is 0.222 e. The van der Waals surface area contributed by atoms with E-state index in [1.807, 2.05) is 6.92 Å². The Morgan fingerprint density at radius 1 is 1.78 bits per heavy atom. The number of hydrogen-bond acceptors (Lipinski definition) is 4. The summed E-state index contributed by atoms with van der Waals surface area (Å²) in [6.07, 6.45) is 0. The second-order valence-electron chi connectivity index (χ2n) is 1.94. The quantitative estimate of drug-likeness (QED) is 0.567. The molecule has 0 unspecified atom stereocenters. The Bertz CT molecular complexity index is 194. The third-order valence-corrected chi connectivity index (χ3v) is 1.01. The van der Waals surface area contributed by atoms with E-state index in [-0.39, 0.29) is 6.04 Å². The molecule has 1 heterocycles. The second kappa shape index (κ2) is 2.06. The van der Waals surface area contributed by atoms with Gasteiger partial charge in [-0.05, 0) is 6.92 Å². The number of nitrogen functional groups attached to an aromatic ring is 1. The van der Waals surface area contributed by atoms with E-state index in [0.717, 1.165) is 0 Å². The lowest BCUT2D eigenvalue weighted by Gasteiger charge is -1.93. The number of anilines is 1. The molecule has 1 rings (SSSR count). The van der Waals surface area contributed by atoms with Crippen molar-refractivity contribution in [2.24, 2.45) is 5.73 Å². The Labute approximate surface area is 52.8 Å². The van der Waals surface area contributed by atoms with Crippen molar-refractivity contribution < 1.29 is 4.52 Å². The van der Waals surface area contributed by atoms with Crippen molar-refractivity contribution >= 4 is 5.88 Å². The van der Waals surface area contributed by atoms with E-state index in [2.05, 4.69) is 9.68 Å². The van der Waals surface area contributed by atoms with Gasteiger partial charge in [0.1, 0.15) is 5.69 Å². The largest absolute Gasteiger partial charge is 0.368 e. The maximum absolute atomic E-state index is 5.45. The average Bonchev–Trinajstić information content (AvgIpc) is 2.14. The Hall–Kier alpha value is -1.03. The Kier molecular flexibility index (Phi) is 1.40. The zero-order valence-corrected chi connectivity index (χ0v) is 5.16. The molecule has 0 aromatic carbocycles. The molecular weight excluding hydrogens is 118 g/mol. The third kappa shape index (κ3) is 1.20. The van der Waals surface area contributed by atoms with Crippen LogP contribution in [0.5, 0.6) is 0 Å². The van der Waals surface area contributed by atoms with Crippen LogP contribution < -0.4 is 11.5 Å². The monoisotopic (exact) mass is 127 g/mol. The lowest BCUT2D eigenvalue weighted by molar-refractivity contribution is 0.422. The van der Waals surface area contributed by atoms with E-state index in [9.17, 15) is 0 Å². The van der Waals surface area contributed by atoms with Crippen molar-refractivity contribution in [3.8, 4) is 0 Å². The molecule has 50 valence electrons. The minimum Gasteiger partial charge on any atom is -0.368 e. The highest BCUT2D eigenvalue weighted by atomic mass is 16.5. The molecule has 0 spiro atoms. The first kappa shape index (κ1) is 6.10. The summed E-state index contributed by atoms with van der Waals surface area (Å²) < 4.78 is 4.57. The fourth-order valence-corrected chi connectivity index (χ4v) is 0.518. The molecule has 0 aliphatic rings. The van der Waals surface area contributed by atoms with E-state index in [4.69, 9.17) is 11.5 Å². The SMILES string of the molecule is C[C@H](N)c1cc(N)on1. The average molecular weight is 127 g/mol. The molecule has 0 aliphatic heterocycles. The standard InChI is InChI=1S/C5H9N3O/c1-3(6)4-2-5(7)9-8-4/h2-3H,6-7H2,1H3/t3-/m0/s1. The van der Waals surface area contributed by atoms with Gasteiger partial charge in [0.2, 0.25) is 5.88 Å². The molecule has 0 amide bonds. The van der Waals surface area contributed by atoms with Gasteiger partial charge in [0.25, 0.3) is 0 Å². The lowest BCUT2D eigenvalue weighted by atomic mass is 10.2. The van der Waals surface area contributed by atoms with Gasteiger partial charge in [-0.3, -0.25) is 0 Å². The van der Waals surface area contributed by atoms with Gasteiger partial charge in [0.15, 0.2) is 0 Å². The number of hydrogen-bond donors (Lipinski definition) is 2. The van der Waals surface area contributed by atoms with Crippen LogP contribution in [-0.4, -0.2) is 5.16 Å². The van der Waals surface area contributed by atoms with Crippen LogP contribution in [0.1, 0.15) is 18.7 Å². The van der Waals surface area contributed by atoms with Crippen LogP contribution in [-0.2, 0) is 0 Å². The Balaban J connectivity index is 2.85. The first-order valence-electron chi connectivity index (χ1n) is 2.68. The molecule has 9 heavy (non-hydrogen) atoms. The summed E-state index contributed by atoms with van der Waals surface area (Å²) in [7, 11) is 0. The van der Waals surface area contributed by atoms with E-state index in [1.165, 1.54) is 0 Å². The summed E-state index contributed by atoms with van der Waals surface area (Å²) >= 11 is 0. The summed E-state index contributed by atoms with van der Waals surface area (Å²) in [5.41, 5.74) is 11.4. The van der Waals surface area contributed by atoms with Crippen LogP contribution in [0.3, 0.4) is 0 Å². The van der Waals surface area contributed by atoms with Gasteiger partial charge in [0, 0.05) is 12.1 Å². The van der Waals surface area contributed by atoms with Crippen LogP contribution in [0.2, 0.25) is 0 Å². The fourth-order valence-electron chi connectivity index (χ4n) is 0.518. The predicted molar refractivity (Wildman–Crippen MR) is 33.5 cm³/mol. The van der Waals surface area contributed by atoms with Gasteiger partial charge in [-0.2, -0.15) is 0 Å². The summed E-state index contributed by atoms with van der Waals surface area (Å²) in [5.74, 6) is 0.308. The lowest BCUT2D eigenvalue weighted by Crippen LogP contribution is -2.04. The molecule has 1 aromatic rings. The topological polar surface area (TPSA) is 78.1 Å². The van der Waals surface area contributed by atoms with Gasteiger partial charge in [-0.25, -0.2) is 0 Å². The summed E-state index contributed by atoms with van der Waals surface area (Å²) in [6, 6.07) is 1.51. The molecule has 1 atom stereocenters. The molecule has 0 fully saturated rings. The summed E-state index contributed by atoms with van der Waals surface area (Å²) in [4.78, 5) is 0. The minimum atomic E-state index is -0.106.